The van der Waals surface area contributed by atoms with Crippen molar-refractivity contribution in [1.82, 2.24) is 4.90 Å². The first-order valence-electron chi connectivity index (χ1n) is 6.80. The molecule has 0 amide bonds. The Hall–Kier alpha value is -1.55. The van der Waals surface area contributed by atoms with Gasteiger partial charge in [0.05, 0.1) is 6.61 Å². The summed E-state index contributed by atoms with van der Waals surface area (Å²) in [5.41, 5.74) is 0.230. The van der Waals surface area contributed by atoms with Crippen LogP contribution in [0.2, 0.25) is 0 Å². The zero-order valence-electron chi connectivity index (χ0n) is 11.3. The van der Waals surface area contributed by atoms with Crippen molar-refractivity contribution in [2.45, 2.75) is 19.3 Å². The van der Waals surface area contributed by atoms with Gasteiger partial charge in [-0.15, -0.1) is 0 Å². The predicted molar refractivity (Wildman–Crippen MR) is 73.7 cm³/mol. The highest BCUT2D eigenvalue weighted by Crippen LogP contribution is 2.29. The third-order valence-corrected chi connectivity index (χ3v) is 3.33. The number of ether oxygens (including phenoxy) is 1. The van der Waals surface area contributed by atoms with E-state index in [1.807, 2.05) is 0 Å². The predicted octanol–water partition coefficient (Wildman–Crippen LogP) is 2.50. The van der Waals surface area contributed by atoms with Gasteiger partial charge in [0.15, 0.2) is 0 Å². The van der Waals surface area contributed by atoms with Crippen LogP contribution in [0.1, 0.15) is 29.6 Å². The van der Waals surface area contributed by atoms with E-state index in [-0.39, 0.29) is 5.56 Å². The Bertz CT molecular complexity index is 429. The largest absolute Gasteiger partial charge is 0.493 e. The molecule has 0 atom stereocenters. The molecule has 4 heteroatoms. The molecule has 0 aromatic heterocycles. The molecule has 2 rings (SSSR count). The van der Waals surface area contributed by atoms with E-state index in [4.69, 9.17) is 9.84 Å². The molecule has 1 aromatic carbocycles. The molecule has 1 fully saturated rings. The minimum atomic E-state index is -0.943. The van der Waals surface area contributed by atoms with Gasteiger partial charge in [0, 0.05) is 13.1 Å². The molecule has 0 bridgehead atoms. The van der Waals surface area contributed by atoms with E-state index in [0.29, 0.717) is 12.4 Å². The summed E-state index contributed by atoms with van der Waals surface area (Å²) >= 11 is 0. The summed E-state index contributed by atoms with van der Waals surface area (Å²) < 4.78 is 5.56. The Morgan fingerprint density at radius 1 is 1.42 bits per heavy atom. The Morgan fingerprint density at radius 3 is 2.84 bits per heavy atom. The molecule has 0 aliphatic heterocycles. The van der Waals surface area contributed by atoms with Crippen molar-refractivity contribution in [2.24, 2.45) is 5.92 Å². The lowest BCUT2D eigenvalue weighted by Gasteiger charge is -2.16. The second kappa shape index (κ2) is 6.57. The monoisotopic (exact) mass is 263 g/mol. The minimum Gasteiger partial charge on any atom is -0.493 e. The van der Waals surface area contributed by atoms with Crippen LogP contribution in [0, 0.1) is 5.92 Å². The number of carbonyl (C=O) groups is 1. The molecule has 0 radical (unpaired) electrons. The molecule has 1 saturated carbocycles. The van der Waals surface area contributed by atoms with Gasteiger partial charge in [-0.3, -0.25) is 0 Å². The molecule has 0 heterocycles. The topological polar surface area (TPSA) is 49.8 Å². The maximum Gasteiger partial charge on any atom is 0.339 e. The van der Waals surface area contributed by atoms with Gasteiger partial charge >= 0.3 is 5.97 Å². The van der Waals surface area contributed by atoms with Gasteiger partial charge in [0.25, 0.3) is 0 Å². The molecule has 0 saturated heterocycles. The number of hydrogen-bond acceptors (Lipinski definition) is 3. The lowest BCUT2D eigenvalue weighted by molar-refractivity contribution is 0.0692. The molecule has 1 aliphatic carbocycles. The number of carboxylic acids is 1. The average molecular weight is 263 g/mol. The number of benzene rings is 1. The van der Waals surface area contributed by atoms with Crippen LogP contribution in [-0.2, 0) is 0 Å². The number of carboxylic acid groups (broad SMARTS) is 1. The number of rotatable bonds is 8. The quantitative estimate of drug-likeness (QED) is 0.732. The number of hydrogen-bond donors (Lipinski definition) is 1. The fourth-order valence-electron chi connectivity index (χ4n) is 2.12. The van der Waals surface area contributed by atoms with Gasteiger partial charge in [-0.25, -0.2) is 4.79 Å². The van der Waals surface area contributed by atoms with E-state index < -0.39 is 5.97 Å². The average Bonchev–Trinajstić information content (AvgIpc) is 3.19. The maximum atomic E-state index is 11.0. The molecular weight excluding hydrogens is 242 g/mol. The standard InChI is InChI=1S/C15H21NO3/c1-16(11-12-7-8-12)9-4-10-19-14-6-3-2-5-13(14)15(17)18/h2-3,5-6,12H,4,7-11H2,1H3,(H,17,18). The molecule has 1 aliphatic rings. The van der Waals surface area contributed by atoms with Crippen molar-refractivity contribution in [1.29, 1.82) is 0 Å². The van der Waals surface area contributed by atoms with Crippen molar-refractivity contribution in [3.8, 4) is 5.75 Å². The van der Waals surface area contributed by atoms with Crippen molar-refractivity contribution in [2.75, 3.05) is 26.7 Å². The molecule has 104 valence electrons. The molecule has 1 N–H and O–H groups in total. The van der Waals surface area contributed by atoms with Gasteiger partial charge in [0.2, 0.25) is 0 Å². The van der Waals surface area contributed by atoms with Crippen molar-refractivity contribution in [3.63, 3.8) is 0 Å². The van der Waals surface area contributed by atoms with Crippen LogP contribution in [-0.4, -0.2) is 42.7 Å². The fourth-order valence-corrected chi connectivity index (χ4v) is 2.12. The second-order valence-electron chi connectivity index (χ2n) is 5.21. The van der Waals surface area contributed by atoms with Crippen molar-refractivity contribution < 1.29 is 14.6 Å². The molecule has 0 unspecified atom stereocenters. The SMILES string of the molecule is CN(CCCOc1ccccc1C(=O)O)CC1CC1. The minimum absolute atomic E-state index is 0.230. The Kier molecular flexibility index (Phi) is 4.80. The summed E-state index contributed by atoms with van der Waals surface area (Å²) in [5.74, 6) is 0.417. The van der Waals surface area contributed by atoms with Crippen LogP contribution in [0.5, 0.6) is 5.75 Å². The van der Waals surface area contributed by atoms with Gasteiger partial charge in [-0.2, -0.15) is 0 Å². The molecule has 4 nitrogen and oxygen atoms in total. The van der Waals surface area contributed by atoms with Crippen LogP contribution in [0.15, 0.2) is 24.3 Å². The van der Waals surface area contributed by atoms with Gasteiger partial charge in [-0.1, -0.05) is 12.1 Å². The smallest absolute Gasteiger partial charge is 0.339 e. The normalized spacial score (nSPS) is 14.6. The van der Waals surface area contributed by atoms with Gasteiger partial charge < -0.3 is 14.7 Å². The number of aromatic carboxylic acids is 1. The first-order chi connectivity index (χ1) is 9.16. The molecule has 0 spiro atoms. The lowest BCUT2D eigenvalue weighted by Crippen LogP contribution is -2.23. The maximum absolute atomic E-state index is 11.0. The summed E-state index contributed by atoms with van der Waals surface area (Å²) in [6.45, 7) is 2.72. The summed E-state index contributed by atoms with van der Waals surface area (Å²) in [6, 6.07) is 6.77. The Morgan fingerprint density at radius 2 is 2.16 bits per heavy atom. The van der Waals surface area contributed by atoms with E-state index >= 15 is 0 Å². The van der Waals surface area contributed by atoms with E-state index in [0.717, 1.165) is 18.9 Å². The molecule has 19 heavy (non-hydrogen) atoms. The highest BCUT2D eigenvalue weighted by molar-refractivity contribution is 5.90. The van der Waals surface area contributed by atoms with E-state index in [1.54, 1.807) is 24.3 Å². The third kappa shape index (κ3) is 4.56. The van der Waals surface area contributed by atoms with E-state index in [2.05, 4.69) is 11.9 Å². The second-order valence-corrected chi connectivity index (χ2v) is 5.21. The zero-order valence-corrected chi connectivity index (χ0v) is 11.3. The van der Waals surface area contributed by atoms with Crippen LogP contribution in [0.4, 0.5) is 0 Å². The number of para-hydroxylation sites is 1. The summed E-state index contributed by atoms with van der Waals surface area (Å²) in [7, 11) is 2.13. The molecule has 1 aromatic rings. The highest BCUT2D eigenvalue weighted by atomic mass is 16.5. The van der Waals surface area contributed by atoms with Crippen LogP contribution < -0.4 is 4.74 Å². The summed E-state index contributed by atoms with van der Waals surface area (Å²) in [5, 5.41) is 9.03. The van der Waals surface area contributed by atoms with Crippen LogP contribution in [0.3, 0.4) is 0 Å². The first kappa shape index (κ1) is 13.9. The summed E-state index contributed by atoms with van der Waals surface area (Å²) in [6.07, 6.45) is 3.65. The Labute approximate surface area is 114 Å². The highest BCUT2D eigenvalue weighted by Gasteiger charge is 2.22. The lowest BCUT2D eigenvalue weighted by atomic mass is 10.2. The molecular formula is C15H21NO3. The van der Waals surface area contributed by atoms with Crippen molar-refractivity contribution >= 4 is 5.97 Å². The fraction of sp³-hybridized carbons (Fsp3) is 0.533. The van der Waals surface area contributed by atoms with Crippen LogP contribution >= 0.6 is 0 Å². The first-order valence-corrected chi connectivity index (χ1v) is 6.80. The number of nitrogens with zero attached hydrogens (tertiary/aromatic N) is 1. The summed E-state index contributed by atoms with van der Waals surface area (Å²) in [4.78, 5) is 13.3. The van der Waals surface area contributed by atoms with Crippen molar-refractivity contribution in [3.05, 3.63) is 29.8 Å². The van der Waals surface area contributed by atoms with Crippen LogP contribution in [0.25, 0.3) is 0 Å². The van der Waals surface area contributed by atoms with Gasteiger partial charge in [-0.05, 0) is 44.4 Å². The van der Waals surface area contributed by atoms with Gasteiger partial charge in [0.1, 0.15) is 11.3 Å². The van der Waals surface area contributed by atoms with E-state index in [1.165, 1.54) is 19.4 Å². The zero-order chi connectivity index (χ0) is 13.7. The van der Waals surface area contributed by atoms with E-state index in [9.17, 15) is 4.79 Å². The Balaban J connectivity index is 1.71. The third-order valence-electron chi connectivity index (χ3n) is 3.33.